The highest BCUT2D eigenvalue weighted by Gasteiger charge is 2.17. The van der Waals surface area contributed by atoms with Crippen molar-refractivity contribution in [2.45, 2.75) is 39.8 Å². The molecule has 1 aliphatic heterocycles. The van der Waals surface area contributed by atoms with Crippen LogP contribution in [0.15, 0.2) is 32.7 Å². The van der Waals surface area contributed by atoms with E-state index < -0.39 is 0 Å². The number of aromatic nitrogens is 1. The maximum Gasteiger partial charge on any atom is 0.211 e. The summed E-state index contributed by atoms with van der Waals surface area (Å²) >= 11 is 5.01. The van der Waals surface area contributed by atoms with E-state index in [1.54, 1.807) is 0 Å². The fourth-order valence-corrected chi connectivity index (χ4v) is 4.18. The minimum absolute atomic E-state index is 0.143. The van der Waals surface area contributed by atoms with Crippen LogP contribution in [0.3, 0.4) is 0 Å². The molecule has 0 bridgehead atoms. The van der Waals surface area contributed by atoms with E-state index in [-0.39, 0.29) is 18.0 Å². The van der Waals surface area contributed by atoms with Gasteiger partial charge in [-0.2, -0.15) is 0 Å². The average Bonchev–Trinajstić information content (AvgIpc) is 3.01. The zero-order chi connectivity index (χ0) is 17.4. The molecule has 0 saturated heterocycles. The Kier molecular flexibility index (Phi) is 4.78. The van der Waals surface area contributed by atoms with E-state index in [0.29, 0.717) is 0 Å². The molecule has 0 amide bonds. The second kappa shape index (κ2) is 6.69. The molecule has 4 nitrogen and oxygen atoms in total. The fraction of sp³-hybridized carbons (Fsp3) is 0.333. The predicted molar refractivity (Wildman–Crippen MR) is 105 cm³/mol. The van der Waals surface area contributed by atoms with Crippen molar-refractivity contribution in [3.05, 3.63) is 37.9 Å². The topological polar surface area (TPSA) is 49.9 Å². The van der Waals surface area contributed by atoms with Gasteiger partial charge in [0.2, 0.25) is 5.88 Å². The smallest absolute Gasteiger partial charge is 0.211 e. The standard InChI is InChI=1S/C18H20BrN3OS/c1-10(2)21-18-22(11(3)4)17(23)16(24-18)7-12-9-20-15-6-5-13(19)8-14(12)15/h5-11,23H,1-4H3. The minimum atomic E-state index is 0.143. The second-order valence-electron chi connectivity index (χ2n) is 6.28. The van der Waals surface area contributed by atoms with Gasteiger partial charge in [-0.05, 0) is 52.0 Å². The summed E-state index contributed by atoms with van der Waals surface area (Å²) in [5.41, 5.74) is 3.01. The summed E-state index contributed by atoms with van der Waals surface area (Å²) in [7, 11) is 0. The third-order valence-electron chi connectivity index (χ3n) is 3.64. The van der Waals surface area contributed by atoms with Crippen molar-refractivity contribution in [1.82, 2.24) is 4.57 Å². The van der Waals surface area contributed by atoms with Gasteiger partial charge in [-0.3, -0.25) is 14.6 Å². The number of aromatic hydroxyl groups is 1. The molecule has 1 aromatic carbocycles. The van der Waals surface area contributed by atoms with Crippen LogP contribution in [-0.2, 0) is 0 Å². The molecule has 0 unspecified atom stereocenters. The molecule has 0 spiro atoms. The van der Waals surface area contributed by atoms with Crippen molar-refractivity contribution in [2.24, 2.45) is 9.98 Å². The molecule has 1 aromatic heterocycles. The monoisotopic (exact) mass is 405 g/mol. The third kappa shape index (κ3) is 3.26. The second-order valence-corrected chi connectivity index (χ2v) is 8.20. The number of fused-ring (bicyclic) bond motifs is 1. The minimum Gasteiger partial charge on any atom is -0.493 e. The van der Waals surface area contributed by atoms with Crippen molar-refractivity contribution in [3.8, 4) is 5.88 Å². The molecule has 1 aliphatic rings. The van der Waals surface area contributed by atoms with Crippen LogP contribution >= 0.6 is 27.3 Å². The Morgan fingerprint density at radius 3 is 2.71 bits per heavy atom. The molecule has 1 N–H and O–H groups in total. The number of halogens is 1. The summed E-state index contributed by atoms with van der Waals surface area (Å²) in [6.45, 7) is 8.17. The Balaban J connectivity index is 2.13. The normalized spacial score (nSPS) is 16.0. The van der Waals surface area contributed by atoms with E-state index in [0.717, 1.165) is 31.0 Å². The Labute approximate surface area is 154 Å². The summed E-state index contributed by atoms with van der Waals surface area (Å²) in [6.07, 6.45) is 3.83. The number of allylic oxidation sites excluding steroid dienone is 1. The molecule has 0 aliphatic carbocycles. The molecule has 2 aromatic rings. The molecule has 126 valence electrons. The molecule has 0 radical (unpaired) electrons. The SMILES string of the molecule is CC(C)N=c1sc(C=C2C=Nc3ccc(Br)cc32)c(O)n1C(C)C. The van der Waals surface area contributed by atoms with Crippen LogP contribution in [0.1, 0.15) is 44.2 Å². The lowest BCUT2D eigenvalue weighted by atomic mass is 10.1. The lowest BCUT2D eigenvalue weighted by molar-refractivity contribution is 0.392. The van der Waals surface area contributed by atoms with Gasteiger partial charge in [-0.15, -0.1) is 0 Å². The predicted octanol–water partition coefficient (Wildman–Crippen LogP) is 5.16. The number of benzene rings is 1. The average molecular weight is 406 g/mol. The molecule has 0 atom stereocenters. The van der Waals surface area contributed by atoms with Gasteiger partial charge < -0.3 is 5.11 Å². The Morgan fingerprint density at radius 1 is 1.29 bits per heavy atom. The van der Waals surface area contributed by atoms with E-state index in [2.05, 4.69) is 32.0 Å². The maximum absolute atomic E-state index is 10.7. The van der Waals surface area contributed by atoms with Crippen molar-refractivity contribution in [1.29, 1.82) is 0 Å². The maximum atomic E-state index is 10.7. The molecule has 0 fully saturated rings. The van der Waals surface area contributed by atoms with Crippen molar-refractivity contribution in [3.63, 3.8) is 0 Å². The van der Waals surface area contributed by atoms with E-state index in [1.807, 2.05) is 56.7 Å². The first-order valence-electron chi connectivity index (χ1n) is 7.90. The first kappa shape index (κ1) is 17.2. The Morgan fingerprint density at radius 2 is 2.04 bits per heavy atom. The first-order chi connectivity index (χ1) is 11.4. The van der Waals surface area contributed by atoms with Crippen LogP contribution < -0.4 is 4.80 Å². The van der Waals surface area contributed by atoms with E-state index in [1.165, 1.54) is 11.3 Å². The van der Waals surface area contributed by atoms with Gasteiger partial charge in [0.05, 0.1) is 10.6 Å². The first-order valence-corrected chi connectivity index (χ1v) is 9.51. The Bertz CT molecular complexity index is 903. The number of rotatable bonds is 3. The molecule has 0 saturated carbocycles. The van der Waals surface area contributed by atoms with Crippen LogP contribution in [0.25, 0.3) is 11.6 Å². The van der Waals surface area contributed by atoms with Crippen molar-refractivity contribution in [2.75, 3.05) is 0 Å². The number of hydrogen-bond acceptors (Lipinski definition) is 4. The van der Waals surface area contributed by atoms with Gasteiger partial charge >= 0.3 is 0 Å². The molecule has 2 heterocycles. The highest BCUT2D eigenvalue weighted by Crippen LogP contribution is 2.36. The number of nitrogens with zero attached hydrogens (tertiary/aromatic N) is 3. The largest absolute Gasteiger partial charge is 0.493 e. The van der Waals surface area contributed by atoms with Gasteiger partial charge in [0, 0.05) is 33.9 Å². The number of hydrogen-bond donors (Lipinski definition) is 1. The van der Waals surface area contributed by atoms with Gasteiger partial charge in [0.1, 0.15) is 0 Å². The van der Waals surface area contributed by atoms with Crippen LogP contribution in [0.4, 0.5) is 5.69 Å². The Hall–Kier alpha value is -1.66. The van der Waals surface area contributed by atoms with E-state index in [4.69, 9.17) is 0 Å². The third-order valence-corrected chi connectivity index (χ3v) is 5.14. The number of thiazole rings is 1. The van der Waals surface area contributed by atoms with Crippen LogP contribution in [-0.4, -0.2) is 21.9 Å². The molecular weight excluding hydrogens is 386 g/mol. The highest BCUT2D eigenvalue weighted by molar-refractivity contribution is 9.10. The van der Waals surface area contributed by atoms with Gasteiger partial charge in [-0.25, -0.2) is 0 Å². The summed E-state index contributed by atoms with van der Waals surface area (Å²) < 4.78 is 2.89. The zero-order valence-electron chi connectivity index (χ0n) is 14.1. The molecular formula is C18H20BrN3OS. The van der Waals surface area contributed by atoms with Crippen LogP contribution in [0.2, 0.25) is 0 Å². The zero-order valence-corrected chi connectivity index (χ0v) is 16.5. The van der Waals surface area contributed by atoms with Crippen LogP contribution in [0, 0.1) is 0 Å². The van der Waals surface area contributed by atoms with Gasteiger partial charge in [0.15, 0.2) is 4.80 Å². The summed E-state index contributed by atoms with van der Waals surface area (Å²) in [4.78, 5) is 10.7. The molecule has 24 heavy (non-hydrogen) atoms. The lowest BCUT2D eigenvalue weighted by Gasteiger charge is -2.09. The van der Waals surface area contributed by atoms with Crippen LogP contribution in [0.5, 0.6) is 5.88 Å². The summed E-state index contributed by atoms with van der Waals surface area (Å²) in [6, 6.07) is 6.34. The van der Waals surface area contributed by atoms with Crippen molar-refractivity contribution >= 4 is 50.8 Å². The van der Waals surface area contributed by atoms with Crippen molar-refractivity contribution < 1.29 is 5.11 Å². The molecule has 6 heteroatoms. The summed E-state index contributed by atoms with van der Waals surface area (Å²) in [5.74, 6) is 0.263. The van der Waals surface area contributed by atoms with Gasteiger partial charge in [0.25, 0.3) is 0 Å². The lowest BCUT2D eigenvalue weighted by Crippen LogP contribution is -2.18. The van der Waals surface area contributed by atoms with E-state index in [9.17, 15) is 5.11 Å². The quantitative estimate of drug-likeness (QED) is 0.752. The van der Waals surface area contributed by atoms with E-state index >= 15 is 0 Å². The summed E-state index contributed by atoms with van der Waals surface area (Å²) in [5, 5.41) is 10.7. The fourth-order valence-electron chi connectivity index (χ4n) is 2.59. The van der Waals surface area contributed by atoms with Gasteiger partial charge in [-0.1, -0.05) is 27.3 Å². The highest BCUT2D eigenvalue weighted by atomic mass is 79.9. The molecule has 3 rings (SSSR count). The number of aliphatic imine (C=N–C) groups is 1.